The highest BCUT2D eigenvalue weighted by atomic mass is 16.3. The van der Waals surface area contributed by atoms with Gasteiger partial charge in [-0.1, -0.05) is 24.3 Å². The average molecular weight is 254 g/mol. The van der Waals surface area contributed by atoms with Crippen LogP contribution in [-0.2, 0) is 6.42 Å². The maximum Gasteiger partial charge on any atom is 0.173 e. The number of aryl methyl sites for hydroxylation is 3. The summed E-state index contributed by atoms with van der Waals surface area (Å²) in [6.45, 7) is 3.76. The Morgan fingerprint density at radius 2 is 2.05 bits per heavy atom. The summed E-state index contributed by atoms with van der Waals surface area (Å²) in [6.07, 6.45) is 3.12. The van der Waals surface area contributed by atoms with Crippen LogP contribution in [0.4, 0.5) is 0 Å². The molecule has 1 aliphatic carbocycles. The number of rotatable bonds is 2. The minimum absolute atomic E-state index is 0.000602. The molecule has 0 N–H and O–H groups in total. The Balaban J connectivity index is 2.00. The van der Waals surface area contributed by atoms with Crippen molar-refractivity contribution in [2.24, 2.45) is 0 Å². The Labute approximate surface area is 113 Å². The van der Waals surface area contributed by atoms with Crippen LogP contribution in [-0.4, -0.2) is 5.78 Å². The highest BCUT2D eigenvalue weighted by molar-refractivity contribution is 6.02. The standard InChI is InChI=1S/C17H18O2/c1-11-10-16(12(2)19-11)17(18)15-9-5-7-13-6-3-4-8-14(13)15/h3-4,6,8,10,15H,5,7,9H2,1-2H3. The minimum atomic E-state index is 0.000602. The van der Waals surface area contributed by atoms with E-state index in [9.17, 15) is 4.79 Å². The molecule has 1 atom stereocenters. The van der Waals surface area contributed by atoms with Crippen LogP contribution < -0.4 is 0 Å². The molecule has 1 aromatic carbocycles. The zero-order valence-electron chi connectivity index (χ0n) is 11.4. The first-order valence-electron chi connectivity index (χ1n) is 6.86. The predicted molar refractivity (Wildman–Crippen MR) is 74.6 cm³/mol. The van der Waals surface area contributed by atoms with Crippen molar-refractivity contribution in [2.45, 2.75) is 39.0 Å². The van der Waals surface area contributed by atoms with Crippen molar-refractivity contribution in [1.29, 1.82) is 0 Å². The second kappa shape index (κ2) is 4.69. The summed E-state index contributed by atoms with van der Waals surface area (Å²) in [4.78, 5) is 12.7. The summed E-state index contributed by atoms with van der Waals surface area (Å²) in [5.41, 5.74) is 3.28. The van der Waals surface area contributed by atoms with Crippen LogP contribution in [0.5, 0.6) is 0 Å². The quantitative estimate of drug-likeness (QED) is 0.752. The number of carbonyl (C=O) groups excluding carboxylic acids is 1. The lowest BCUT2D eigenvalue weighted by Crippen LogP contribution is -2.18. The number of ketones is 1. The number of furan rings is 1. The first-order valence-corrected chi connectivity index (χ1v) is 6.86. The molecule has 3 rings (SSSR count). The van der Waals surface area contributed by atoms with Crippen LogP contribution >= 0.6 is 0 Å². The van der Waals surface area contributed by atoms with Crippen LogP contribution in [0.15, 0.2) is 34.7 Å². The molecule has 1 aliphatic rings. The van der Waals surface area contributed by atoms with E-state index in [0.29, 0.717) is 0 Å². The highest BCUT2D eigenvalue weighted by Gasteiger charge is 2.28. The van der Waals surface area contributed by atoms with Crippen molar-refractivity contribution < 1.29 is 9.21 Å². The van der Waals surface area contributed by atoms with Gasteiger partial charge in [0.15, 0.2) is 5.78 Å². The number of Topliss-reactive ketones (excluding diaryl/α,β-unsaturated/α-hetero) is 1. The summed E-state index contributed by atoms with van der Waals surface area (Å²) >= 11 is 0. The van der Waals surface area contributed by atoms with E-state index in [-0.39, 0.29) is 11.7 Å². The highest BCUT2D eigenvalue weighted by Crippen LogP contribution is 2.35. The Kier molecular flexibility index (Phi) is 3.02. The third kappa shape index (κ3) is 2.12. The van der Waals surface area contributed by atoms with E-state index in [1.165, 1.54) is 11.1 Å². The SMILES string of the molecule is Cc1cc(C(=O)C2CCCc3ccccc32)c(C)o1. The normalized spacial score (nSPS) is 18.1. The Hall–Kier alpha value is -1.83. The molecule has 98 valence electrons. The van der Waals surface area contributed by atoms with E-state index in [1.807, 2.05) is 26.0 Å². The summed E-state index contributed by atoms with van der Waals surface area (Å²) in [6, 6.07) is 10.2. The number of carbonyl (C=O) groups is 1. The molecule has 0 radical (unpaired) electrons. The van der Waals surface area contributed by atoms with Gasteiger partial charge in [-0.05, 0) is 50.3 Å². The maximum atomic E-state index is 12.7. The fourth-order valence-electron chi connectivity index (χ4n) is 3.09. The van der Waals surface area contributed by atoms with Crippen molar-refractivity contribution in [3.63, 3.8) is 0 Å². The van der Waals surface area contributed by atoms with Gasteiger partial charge in [0, 0.05) is 5.92 Å². The lowest BCUT2D eigenvalue weighted by molar-refractivity contribution is 0.0949. The van der Waals surface area contributed by atoms with E-state index in [0.717, 1.165) is 36.3 Å². The third-order valence-corrected chi connectivity index (χ3v) is 3.99. The lowest BCUT2D eigenvalue weighted by Gasteiger charge is -2.24. The average Bonchev–Trinajstić information content (AvgIpc) is 2.76. The maximum absolute atomic E-state index is 12.7. The largest absolute Gasteiger partial charge is 0.466 e. The minimum Gasteiger partial charge on any atom is -0.466 e. The third-order valence-electron chi connectivity index (χ3n) is 3.99. The molecule has 19 heavy (non-hydrogen) atoms. The van der Waals surface area contributed by atoms with E-state index in [2.05, 4.69) is 18.2 Å². The van der Waals surface area contributed by atoms with E-state index in [1.54, 1.807) is 0 Å². The number of hydrogen-bond acceptors (Lipinski definition) is 2. The molecule has 2 nitrogen and oxygen atoms in total. The molecule has 1 aromatic heterocycles. The summed E-state index contributed by atoms with van der Waals surface area (Å²) in [5, 5.41) is 0. The zero-order chi connectivity index (χ0) is 13.4. The van der Waals surface area contributed by atoms with Crippen molar-refractivity contribution in [2.75, 3.05) is 0 Å². The number of benzene rings is 1. The topological polar surface area (TPSA) is 30.2 Å². The van der Waals surface area contributed by atoms with Gasteiger partial charge in [0.25, 0.3) is 0 Å². The fraction of sp³-hybridized carbons (Fsp3) is 0.353. The molecule has 2 heteroatoms. The summed E-state index contributed by atoms with van der Waals surface area (Å²) < 4.78 is 5.49. The monoisotopic (exact) mass is 254 g/mol. The van der Waals surface area contributed by atoms with Gasteiger partial charge >= 0.3 is 0 Å². The first kappa shape index (κ1) is 12.2. The molecule has 0 bridgehead atoms. The molecule has 0 fully saturated rings. The summed E-state index contributed by atoms with van der Waals surface area (Å²) in [5.74, 6) is 1.76. The van der Waals surface area contributed by atoms with Crippen LogP contribution in [0.3, 0.4) is 0 Å². The Bertz CT molecular complexity index is 622. The molecule has 2 aromatic rings. The van der Waals surface area contributed by atoms with Gasteiger partial charge in [0.1, 0.15) is 11.5 Å². The van der Waals surface area contributed by atoms with Crippen molar-refractivity contribution in [3.05, 3.63) is 58.5 Å². The first-order chi connectivity index (χ1) is 9.16. The van der Waals surface area contributed by atoms with Crippen LogP contribution in [0.25, 0.3) is 0 Å². The summed E-state index contributed by atoms with van der Waals surface area (Å²) in [7, 11) is 0. The molecule has 0 saturated heterocycles. The van der Waals surface area contributed by atoms with Crippen molar-refractivity contribution in [1.82, 2.24) is 0 Å². The van der Waals surface area contributed by atoms with Crippen LogP contribution in [0, 0.1) is 13.8 Å². The molecule has 0 spiro atoms. The van der Waals surface area contributed by atoms with E-state index in [4.69, 9.17) is 4.42 Å². The van der Waals surface area contributed by atoms with Gasteiger partial charge < -0.3 is 4.42 Å². The fourth-order valence-corrected chi connectivity index (χ4v) is 3.09. The molecule has 1 heterocycles. The predicted octanol–water partition coefficient (Wildman–Crippen LogP) is 4.20. The van der Waals surface area contributed by atoms with Gasteiger partial charge in [-0.2, -0.15) is 0 Å². The molecule has 1 unspecified atom stereocenters. The Morgan fingerprint density at radius 3 is 2.79 bits per heavy atom. The number of fused-ring (bicyclic) bond motifs is 1. The van der Waals surface area contributed by atoms with Gasteiger partial charge in [-0.15, -0.1) is 0 Å². The zero-order valence-corrected chi connectivity index (χ0v) is 11.4. The van der Waals surface area contributed by atoms with E-state index < -0.39 is 0 Å². The molecular formula is C17H18O2. The van der Waals surface area contributed by atoms with Gasteiger partial charge in [-0.3, -0.25) is 4.79 Å². The van der Waals surface area contributed by atoms with E-state index >= 15 is 0 Å². The van der Waals surface area contributed by atoms with Crippen LogP contribution in [0.2, 0.25) is 0 Å². The van der Waals surface area contributed by atoms with Crippen molar-refractivity contribution in [3.8, 4) is 0 Å². The van der Waals surface area contributed by atoms with Crippen LogP contribution in [0.1, 0.15) is 51.8 Å². The lowest BCUT2D eigenvalue weighted by atomic mass is 9.79. The second-order valence-corrected chi connectivity index (χ2v) is 5.33. The second-order valence-electron chi connectivity index (χ2n) is 5.33. The van der Waals surface area contributed by atoms with Gasteiger partial charge in [0.2, 0.25) is 0 Å². The molecule has 0 aliphatic heterocycles. The van der Waals surface area contributed by atoms with Gasteiger partial charge in [0.05, 0.1) is 5.56 Å². The van der Waals surface area contributed by atoms with Crippen molar-refractivity contribution >= 4 is 5.78 Å². The molecule has 0 amide bonds. The number of hydrogen-bond donors (Lipinski definition) is 0. The molecule has 0 saturated carbocycles. The Morgan fingerprint density at radius 1 is 1.26 bits per heavy atom. The van der Waals surface area contributed by atoms with Gasteiger partial charge in [-0.25, -0.2) is 0 Å². The smallest absolute Gasteiger partial charge is 0.173 e. The molecular weight excluding hydrogens is 236 g/mol.